The van der Waals surface area contributed by atoms with Gasteiger partial charge in [0, 0.05) is 0 Å². The second-order valence-electron chi connectivity index (χ2n) is 11.5. The third-order valence-corrected chi connectivity index (χ3v) is 8.72. The molecule has 0 saturated heterocycles. The molecule has 2 heteroatoms. The van der Waals surface area contributed by atoms with E-state index in [1.165, 1.54) is 116 Å². The molecular weight excluding hydrogens is 416 g/mol. The number of rotatable bonds is 16. The highest BCUT2D eigenvalue weighted by Gasteiger charge is 2.21. The zero-order valence-electron chi connectivity index (χ0n) is 22.6. The van der Waals surface area contributed by atoms with Gasteiger partial charge in [0.05, 0.1) is 13.2 Å². The molecule has 0 bridgehead atoms. The number of ether oxygens (including phenoxy) is 2. The van der Waals surface area contributed by atoms with Crippen LogP contribution in [0.4, 0.5) is 0 Å². The van der Waals surface area contributed by atoms with Crippen LogP contribution in [0.2, 0.25) is 0 Å². The number of benzene rings is 1. The van der Waals surface area contributed by atoms with Gasteiger partial charge in [0.2, 0.25) is 0 Å². The van der Waals surface area contributed by atoms with Gasteiger partial charge in [-0.05, 0) is 73.6 Å². The van der Waals surface area contributed by atoms with E-state index in [9.17, 15) is 0 Å². The van der Waals surface area contributed by atoms with Crippen molar-refractivity contribution in [2.24, 2.45) is 23.7 Å². The van der Waals surface area contributed by atoms with E-state index in [1.807, 2.05) is 0 Å². The van der Waals surface area contributed by atoms with Crippen LogP contribution in [0.15, 0.2) is 24.3 Å². The van der Waals surface area contributed by atoms with Gasteiger partial charge in [0.15, 0.2) is 0 Å². The molecule has 3 rings (SSSR count). The molecule has 34 heavy (non-hydrogen) atoms. The normalized spacial score (nSPS) is 25.2. The number of hydrogen-bond donors (Lipinski definition) is 0. The summed E-state index contributed by atoms with van der Waals surface area (Å²) in [6.45, 7) is 6.32. The number of hydrogen-bond acceptors (Lipinski definition) is 2. The lowest BCUT2D eigenvalue weighted by molar-refractivity contribution is 0.227. The summed E-state index contributed by atoms with van der Waals surface area (Å²) in [5, 5.41) is 0. The Labute approximate surface area is 211 Å². The van der Waals surface area contributed by atoms with Crippen LogP contribution in [0, 0.1) is 23.7 Å². The first kappa shape index (κ1) is 27.4. The van der Waals surface area contributed by atoms with E-state index in [-0.39, 0.29) is 0 Å². The van der Waals surface area contributed by atoms with Crippen LogP contribution >= 0.6 is 0 Å². The average molecular weight is 471 g/mol. The van der Waals surface area contributed by atoms with Gasteiger partial charge in [0.25, 0.3) is 0 Å². The summed E-state index contributed by atoms with van der Waals surface area (Å²) in [6.07, 6.45) is 25.2. The molecule has 2 nitrogen and oxygen atoms in total. The maximum absolute atomic E-state index is 6.01. The highest BCUT2D eigenvalue weighted by Crippen LogP contribution is 2.35. The van der Waals surface area contributed by atoms with Gasteiger partial charge in [-0.25, -0.2) is 0 Å². The molecule has 0 heterocycles. The first-order chi connectivity index (χ1) is 16.8. The second-order valence-corrected chi connectivity index (χ2v) is 11.5. The zero-order valence-corrected chi connectivity index (χ0v) is 22.6. The standard InChI is InChI=1S/C32H54O2/c1-3-5-6-10-28-17-19-30(20-18-28)12-8-26-34-32-23-21-31(22-24-32)33-25-7-11-29-15-13-27(9-4-2)14-16-29/h21-24,27-30H,3-20,25-26H2,1-2H3/t27-,28-,29-,30-. The van der Waals surface area contributed by atoms with Crippen LogP contribution in [0.1, 0.15) is 129 Å². The minimum atomic E-state index is 0.843. The second kappa shape index (κ2) is 16.5. The summed E-state index contributed by atoms with van der Waals surface area (Å²) >= 11 is 0. The topological polar surface area (TPSA) is 18.5 Å². The molecule has 2 saturated carbocycles. The molecule has 2 aliphatic rings. The van der Waals surface area contributed by atoms with E-state index >= 15 is 0 Å². The van der Waals surface area contributed by atoms with Crippen LogP contribution in [0.3, 0.4) is 0 Å². The Morgan fingerprint density at radius 3 is 1.26 bits per heavy atom. The van der Waals surface area contributed by atoms with Crippen molar-refractivity contribution < 1.29 is 9.47 Å². The van der Waals surface area contributed by atoms with Gasteiger partial charge in [-0.1, -0.05) is 104 Å². The maximum atomic E-state index is 6.01. The zero-order chi connectivity index (χ0) is 23.8. The van der Waals surface area contributed by atoms with Crippen molar-refractivity contribution in [1.82, 2.24) is 0 Å². The molecular formula is C32H54O2. The fourth-order valence-corrected chi connectivity index (χ4v) is 6.47. The third-order valence-electron chi connectivity index (χ3n) is 8.72. The van der Waals surface area contributed by atoms with Crippen molar-refractivity contribution in [2.75, 3.05) is 13.2 Å². The van der Waals surface area contributed by atoms with Crippen molar-refractivity contribution in [3.63, 3.8) is 0 Å². The Kier molecular flexibility index (Phi) is 13.3. The van der Waals surface area contributed by atoms with E-state index in [0.29, 0.717) is 0 Å². The van der Waals surface area contributed by atoms with Gasteiger partial charge in [0.1, 0.15) is 11.5 Å². The van der Waals surface area contributed by atoms with Crippen LogP contribution in [0.25, 0.3) is 0 Å². The molecule has 0 spiro atoms. The van der Waals surface area contributed by atoms with E-state index < -0.39 is 0 Å². The van der Waals surface area contributed by atoms with Crippen molar-refractivity contribution in [2.45, 2.75) is 129 Å². The molecule has 0 atom stereocenters. The van der Waals surface area contributed by atoms with Crippen molar-refractivity contribution in [1.29, 1.82) is 0 Å². The molecule has 0 unspecified atom stereocenters. The maximum Gasteiger partial charge on any atom is 0.119 e. The quantitative estimate of drug-likeness (QED) is 0.224. The Morgan fingerprint density at radius 1 is 0.500 bits per heavy atom. The van der Waals surface area contributed by atoms with Crippen LogP contribution in [-0.2, 0) is 0 Å². The van der Waals surface area contributed by atoms with Crippen LogP contribution in [-0.4, -0.2) is 13.2 Å². The molecule has 1 aromatic rings. The van der Waals surface area contributed by atoms with Crippen molar-refractivity contribution in [3.05, 3.63) is 24.3 Å². The smallest absolute Gasteiger partial charge is 0.119 e. The van der Waals surface area contributed by atoms with Gasteiger partial charge in [-0.3, -0.25) is 0 Å². The summed E-state index contributed by atoms with van der Waals surface area (Å²) in [5.41, 5.74) is 0. The molecule has 1 aromatic carbocycles. The van der Waals surface area contributed by atoms with Crippen molar-refractivity contribution >= 4 is 0 Å². The Hall–Kier alpha value is -1.18. The molecule has 0 N–H and O–H groups in total. The van der Waals surface area contributed by atoms with E-state index in [1.54, 1.807) is 0 Å². The highest BCUT2D eigenvalue weighted by atomic mass is 16.5. The fourth-order valence-electron chi connectivity index (χ4n) is 6.47. The predicted octanol–water partition coefficient (Wildman–Crippen LogP) is 10.00. The summed E-state index contributed by atoms with van der Waals surface area (Å²) in [6, 6.07) is 8.30. The SMILES string of the molecule is CCCCC[C@H]1CC[C@H](CCCOc2ccc(OCCC[C@H]3CC[C@H](CCC)CC3)cc2)CC1. The minimum absolute atomic E-state index is 0.843. The lowest BCUT2D eigenvalue weighted by Crippen LogP contribution is -2.15. The predicted molar refractivity (Wildman–Crippen MR) is 146 cm³/mol. The first-order valence-corrected chi connectivity index (χ1v) is 15.1. The lowest BCUT2D eigenvalue weighted by Gasteiger charge is -2.28. The summed E-state index contributed by atoms with van der Waals surface area (Å²) < 4.78 is 12.0. The van der Waals surface area contributed by atoms with Crippen LogP contribution in [0.5, 0.6) is 11.5 Å². The molecule has 0 aromatic heterocycles. The first-order valence-electron chi connectivity index (χ1n) is 15.1. The fraction of sp³-hybridized carbons (Fsp3) is 0.812. The third kappa shape index (κ3) is 10.6. The van der Waals surface area contributed by atoms with Crippen molar-refractivity contribution in [3.8, 4) is 11.5 Å². The summed E-state index contributed by atoms with van der Waals surface area (Å²) in [7, 11) is 0. The van der Waals surface area contributed by atoms with E-state index in [2.05, 4.69) is 38.1 Å². The lowest BCUT2D eigenvalue weighted by atomic mass is 9.78. The molecule has 2 aliphatic carbocycles. The molecule has 0 radical (unpaired) electrons. The van der Waals surface area contributed by atoms with E-state index in [4.69, 9.17) is 9.47 Å². The average Bonchev–Trinajstić information content (AvgIpc) is 2.87. The molecule has 0 amide bonds. The van der Waals surface area contributed by atoms with Gasteiger partial charge < -0.3 is 9.47 Å². The Balaban J connectivity index is 1.19. The monoisotopic (exact) mass is 470 g/mol. The summed E-state index contributed by atoms with van der Waals surface area (Å²) in [4.78, 5) is 0. The largest absolute Gasteiger partial charge is 0.494 e. The van der Waals surface area contributed by atoms with Gasteiger partial charge >= 0.3 is 0 Å². The Morgan fingerprint density at radius 2 is 0.882 bits per heavy atom. The van der Waals surface area contributed by atoms with Gasteiger partial charge in [-0.2, -0.15) is 0 Å². The Bertz CT molecular complexity index is 608. The molecule has 0 aliphatic heterocycles. The minimum Gasteiger partial charge on any atom is -0.494 e. The van der Waals surface area contributed by atoms with E-state index in [0.717, 1.165) is 48.4 Å². The number of unbranched alkanes of at least 4 members (excludes halogenated alkanes) is 2. The summed E-state index contributed by atoms with van der Waals surface area (Å²) in [5.74, 6) is 5.87. The molecule has 194 valence electrons. The van der Waals surface area contributed by atoms with Gasteiger partial charge in [-0.15, -0.1) is 0 Å². The molecule has 2 fully saturated rings. The van der Waals surface area contributed by atoms with Crippen LogP contribution < -0.4 is 9.47 Å². The highest BCUT2D eigenvalue weighted by molar-refractivity contribution is 5.31.